The number of carbonyl (C=O) groups excluding carboxylic acids is 1. The third-order valence-electron chi connectivity index (χ3n) is 8.15. The predicted molar refractivity (Wildman–Crippen MR) is 182 cm³/mol. The fraction of sp³-hybridized carbons (Fsp3) is 0.382. The number of para-hydroxylation sites is 1. The summed E-state index contributed by atoms with van der Waals surface area (Å²) in [5, 5.41) is 14.7. The number of aromatic nitrogens is 3. The molecule has 0 bridgehead atoms. The van der Waals surface area contributed by atoms with Crippen LogP contribution in [0.5, 0.6) is 11.6 Å². The number of nitrogens with zero attached hydrogens (tertiary/aromatic N) is 3. The van der Waals surface area contributed by atoms with E-state index in [-0.39, 0.29) is 11.6 Å². The summed E-state index contributed by atoms with van der Waals surface area (Å²) in [5.41, 5.74) is 0.0619. The SMILES string of the molecule is COc1ncnc2c1c(C#Cc1ccc(Br)c(F)c1)cn2[C@@H]1O[C@H](COP(=O)(N[C@@H](C)C(=O)OC(C)C)Oc2ccccc2)[C@@H](O)[C@]12CCO2. The largest absolute Gasteiger partial charge is 0.480 e. The summed E-state index contributed by atoms with van der Waals surface area (Å²) in [7, 11) is -2.80. The van der Waals surface area contributed by atoms with Crippen LogP contribution in [0, 0.1) is 17.7 Å². The molecule has 0 saturated carbocycles. The Morgan fingerprint density at radius 1 is 1.22 bits per heavy atom. The van der Waals surface area contributed by atoms with Crippen LogP contribution in [-0.2, 0) is 28.1 Å². The molecule has 2 fully saturated rings. The minimum absolute atomic E-state index is 0.226. The number of halogens is 2. The van der Waals surface area contributed by atoms with Gasteiger partial charge in [0.05, 0.1) is 41.8 Å². The van der Waals surface area contributed by atoms with Gasteiger partial charge in [-0.25, -0.2) is 18.9 Å². The van der Waals surface area contributed by atoms with Crippen molar-refractivity contribution in [2.75, 3.05) is 20.3 Å². The fourth-order valence-corrected chi connectivity index (χ4v) is 7.47. The quantitative estimate of drug-likeness (QED) is 0.116. The molecule has 264 valence electrons. The highest BCUT2D eigenvalue weighted by Gasteiger charge is 2.62. The third-order valence-corrected chi connectivity index (χ3v) is 10.4. The summed E-state index contributed by atoms with van der Waals surface area (Å²) in [6.45, 7) is 4.82. The number of aliphatic hydroxyl groups excluding tert-OH is 1. The Morgan fingerprint density at radius 3 is 2.64 bits per heavy atom. The molecule has 6 rings (SSSR count). The Bertz CT molecular complexity index is 1980. The van der Waals surface area contributed by atoms with Gasteiger partial charge in [-0.15, -0.1) is 0 Å². The van der Waals surface area contributed by atoms with Crippen molar-refractivity contribution in [3.8, 4) is 23.5 Å². The molecule has 2 N–H and O–H groups in total. The molecule has 16 heteroatoms. The van der Waals surface area contributed by atoms with Gasteiger partial charge < -0.3 is 33.1 Å². The molecule has 0 aliphatic carbocycles. The topological polar surface area (TPSA) is 152 Å². The molecule has 0 radical (unpaired) electrons. The highest BCUT2D eigenvalue weighted by Crippen LogP contribution is 2.52. The van der Waals surface area contributed by atoms with Crippen LogP contribution in [-0.4, -0.2) is 75.9 Å². The number of rotatable bonds is 11. The molecule has 2 aliphatic heterocycles. The number of benzene rings is 2. The molecule has 2 aliphatic rings. The second-order valence-electron chi connectivity index (χ2n) is 12.0. The first-order valence-corrected chi connectivity index (χ1v) is 18.1. The Labute approximate surface area is 296 Å². The molecule has 1 unspecified atom stereocenters. The number of hydrogen-bond donors (Lipinski definition) is 2. The maximum Gasteiger partial charge on any atom is 0.459 e. The summed E-state index contributed by atoms with van der Waals surface area (Å²) >= 11 is 3.15. The van der Waals surface area contributed by atoms with Crippen LogP contribution in [0.3, 0.4) is 0 Å². The smallest absolute Gasteiger partial charge is 0.459 e. The van der Waals surface area contributed by atoms with Crippen molar-refractivity contribution >= 4 is 40.7 Å². The zero-order valence-electron chi connectivity index (χ0n) is 27.5. The Hall–Kier alpha value is -3.87. The van der Waals surface area contributed by atoms with E-state index in [2.05, 4.69) is 42.8 Å². The van der Waals surface area contributed by atoms with Crippen LogP contribution in [0.15, 0.2) is 65.5 Å². The first-order chi connectivity index (χ1) is 23.9. The van der Waals surface area contributed by atoms with Gasteiger partial charge in [-0.1, -0.05) is 30.0 Å². The molecular weight excluding hydrogens is 738 g/mol. The summed E-state index contributed by atoms with van der Waals surface area (Å²) in [6, 6.07) is 11.8. The van der Waals surface area contributed by atoms with Gasteiger partial charge in [-0.05, 0) is 67.0 Å². The molecule has 50 heavy (non-hydrogen) atoms. The second-order valence-corrected chi connectivity index (χ2v) is 14.5. The van der Waals surface area contributed by atoms with E-state index in [0.717, 1.165) is 0 Å². The average Bonchev–Trinajstić information content (AvgIpc) is 3.59. The first kappa shape index (κ1) is 35.9. The number of fused-ring (bicyclic) bond motifs is 1. The second kappa shape index (κ2) is 14.8. The number of hydrogen-bond acceptors (Lipinski definition) is 11. The van der Waals surface area contributed by atoms with E-state index in [1.165, 1.54) is 26.4 Å². The molecule has 1 spiro atoms. The Balaban J connectivity index is 1.30. The molecule has 6 atom stereocenters. The molecule has 0 amide bonds. The van der Waals surface area contributed by atoms with Crippen molar-refractivity contribution < 1.29 is 46.9 Å². The predicted octanol–water partition coefficient (Wildman–Crippen LogP) is 5.29. The lowest BCUT2D eigenvalue weighted by atomic mass is 9.86. The summed E-state index contributed by atoms with van der Waals surface area (Å²) in [4.78, 5) is 21.3. The van der Waals surface area contributed by atoms with Crippen LogP contribution in [0.2, 0.25) is 0 Å². The fourth-order valence-electron chi connectivity index (χ4n) is 5.72. The van der Waals surface area contributed by atoms with Crippen LogP contribution >= 0.6 is 23.7 Å². The molecule has 4 heterocycles. The normalized spacial score (nSPS) is 23.2. The summed E-state index contributed by atoms with van der Waals surface area (Å²) in [6.07, 6.45) is -0.208. The van der Waals surface area contributed by atoms with E-state index in [1.54, 1.807) is 67.1 Å². The van der Waals surface area contributed by atoms with E-state index >= 15 is 0 Å². The van der Waals surface area contributed by atoms with Gasteiger partial charge in [0, 0.05) is 18.2 Å². The van der Waals surface area contributed by atoms with E-state index in [0.29, 0.717) is 39.7 Å². The first-order valence-electron chi connectivity index (χ1n) is 15.7. The molecule has 2 aromatic carbocycles. The van der Waals surface area contributed by atoms with Crippen molar-refractivity contribution in [3.05, 3.63) is 82.5 Å². The minimum atomic E-state index is -4.26. The maximum absolute atomic E-state index is 14.2. The summed E-state index contributed by atoms with van der Waals surface area (Å²) in [5.74, 6) is 5.41. The third kappa shape index (κ3) is 7.29. The van der Waals surface area contributed by atoms with E-state index in [9.17, 15) is 18.9 Å². The van der Waals surface area contributed by atoms with Gasteiger partial charge in [0.2, 0.25) is 5.88 Å². The molecular formula is C34H35BrFN4O9P. The van der Waals surface area contributed by atoms with Gasteiger partial charge >= 0.3 is 13.7 Å². The standard InChI is InChI=1S/C34H35BrFN4O9P/c1-20(2)47-32(42)21(3)39-50(43,49-24-8-6-5-7-9-24)46-18-27-29(41)34(14-15-45-34)33(48-27)40-17-23(28-30(40)37-19-38-31(28)44-4)12-10-22-11-13-25(35)26(36)16-22/h5-9,11,13,16-17,19-21,27,29,33,41H,14-15,18H2,1-4H3,(H,39,43)/t21-,27+,29+,33+,34+,50?/m0/s1. The van der Waals surface area contributed by atoms with Crippen LogP contribution < -0.4 is 14.3 Å². The lowest BCUT2D eigenvalue weighted by molar-refractivity contribution is -0.225. The van der Waals surface area contributed by atoms with Crippen molar-refractivity contribution in [2.24, 2.45) is 0 Å². The van der Waals surface area contributed by atoms with E-state index in [4.69, 9.17) is 28.0 Å². The maximum atomic E-state index is 14.2. The number of methoxy groups -OCH3 is 1. The number of aliphatic hydroxyl groups is 1. The monoisotopic (exact) mass is 772 g/mol. The number of ether oxygens (including phenoxy) is 4. The lowest BCUT2D eigenvalue weighted by Crippen LogP contribution is -2.56. The molecule has 2 saturated heterocycles. The van der Waals surface area contributed by atoms with Crippen molar-refractivity contribution in [1.29, 1.82) is 0 Å². The minimum Gasteiger partial charge on any atom is -0.480 e. The van der Waals surface area contributed by atoms with Crippen molar-refractivity contribution in [2.45, 2.75) is 63.4 Å². The number of esters is 1. The Kier molecular flexibility index (Phi) is 10.6. The van der Waals surface area contributed by atoms with Gasteiger partial charge in [0.1, 0.15) is 41.7 Å². The van der Waals surface area contributed by atoms with Crippen LogP contribution in [0.4, 0.5) is 4.39 Å². The van der Waals surface area contributed by atoms with Gasteiger partial charge in [0.15, 0.2) is 11.9 Å². The zero-order valence-corrected chi connectivity index (χ0v) is 30.0. The van der Waals surface area contributed by atoms with Crippen molar-refractivity contribution in [3.63, 3.8) is 0 Å². The zero-order chi connectivity index (χ0) is 35.6. The molecule has 4 aromatic rings. The van der Waals surface area contributed by atoms with Crippen LogP contribution in [0.1, 0.15) is 44.5 Å². The number of nitrogens with one attached hydrogen (secondary N) is 1. The lowest BCUT2D eigenvalue weighted by Gasteiger charge is -2.44. The van der Waals surface area contributed by atoms with Crippen molar-refractivity contribution in [1.82, 2.24) is 19.6 Å². The average molecular weight is 774 g/mol. The molecule has 2 aromatic heterocycles. The van der Waals surface area contributed by atoms with Crippen LogP contribution in [0.25, 0.3) is 11.0 Å². The van der Waals surface area contributed by atoms with Gasteiger partial charge in [-0.2, -0.15) is 5.09 Å². The molecule has 13 nitrogen and oxygen atoms in total. The highest BCUT2D eigenvalue weighted by atomic mass is 79.9. The highest BCUT2D eigenvalue weighted by molar-refractivity contribution is 9.10. The Morgan fingerprint density at radius 2 is 1.98 bits per heavy atom. The van der Waals surface area contributed by atoms with E-state index in [1.807, 2.05) is 0 Å². The van der Waals surface area contributed by atoms with Gasteiger partial charge in [0.25, 0.3) is 0 Å². The summed E-state index contributed by atoms with van der Waals surface area (Å²) < 4.78 is 65.2. The van der Waals surface area contributed by atoms with Gasteiger partial charge in [-0.3, -0.25) is 9.32 Å². The number of carbonyl (C=O) groups is 1. The van der Waals surface area contributed by atoms with E-state index < -0.39 is 62.3 Å².